The number of piperidine rings is 1. The summed E-state index contributed by atoms with van der Waals surface area (Å²) >= 11 is 0. The molecule has 22 heavy (non-hydrogen) atoms. The standard InChI is InChI=1S/C20H33NO/c1-17(2)16-18-9-11-19(12-10-18)20(22)8-4-7-15-21-13-5-3-6-14-21/h9-12,17,20,22H,3-8,13-16H2,1-2H3. The van der Waals surface area contributed by atoms with Crippen LogP contribution in [-0.2, 0) is 6.42 Å². The summed E-state index contributed by atoms with van der Waals surface area (Å²) in [5.74, 6) is 0.686. The van der Waals surface area contributed by atoms with Gasteiger partial charge < -0.3 is 10.0 Å². The summed E-state index contributed by atoms with van der Waals surface area (Å²) in [4.78, 5) is 2.58. The zero-order chi connectivity index (χ0) is 15.8. The Morgan fingerprint density at radius 1 is 1.00 bits per heavy atom. The van der Waals surface area contributed by atoms with Gasteiger partial charge in [-0.25, -0.2) is 0 Å². The number of benzene rings is 1. The average molecular weight is 303 g/mol. The third-order valence-electron chi connectivity index (χ3n) is 4.66. The molecule has 1 fully saturated rings. The molecule has 1 aliphatic rings. The molecule has 1 unspecified atom stereocenters. The number of hydrogen-bond acceptors (Lipinski definition) is 2. The fraction of sp³-hybridized carbons (Fsp3) is 0.700. The predicted octanol–water partition coefficient (Wildman–Crippen LogP) is 4.57. The molecule has 0 saturated carbocycles. The lowest BCUT2D eigenvalue weighted by atomic mass is 9.98. The number of likely N-dealkylation sites (tertiary alicyclic amines) is 1. The van der Waals surface area contributed by atoms with E-state index in [1.165, 1.54) is 50.9 Å². The third kappa shape index (κ3) is 6.10. The Morgan fingerprint density at radius 2 is 1.68 bits per heavy atom. The number of hydrogen-bond donors (Lipinski definition) is 1. The van der Waals surface area contributed by atoms with Crippen LogP contribution in [0.5, 0.6) is 0 Å². The van der Waals surface area contributed by atoms with Crippen molar-refractivity contribution >= 4 is 0 Å². The van der Waals surface area contributed by atoms with Gasteiger partial charge in [0.25, 0.3) is 0 Å². The van der Waals surface area contributed by atoms with E-state index in [0.29, 0.717) is 5.92 Å². The highest BCUT2D eigenvalue weighted by Gasteiger charge is 2.11. The zero-order valence-electron chi connectivity index (χ0n) is 14.4. The van der Waals surface area contributed by atoms with E-state index >= 15 is 0 Å². The maximum absolute atomic E-state index is 10.3. The van der Waals surface area contributed by atoms with E-state index in [1.54, 1.807) is 0 Å². The van der Waals surface area contributed by atoms with Crippen LogP contribution in [0.3, 0.4) is 0 Å². The molecule has 2 nitrogen and oxygen atoms in total. The highest BCUT2D eigenvalue weighted by atomic mass is 16.3. The Balaban J connectivity index is 1.66. The SMILES string of the molecule is CC(C)Cc1ccc(C(O)CCCCN2CCCCC2)cc1. The number of aliphatic hydroxyl groups is 1. The van der Waals surface area contributed by atoms with Crippen LogP contribution in [0.25, 0.3) is 0 Å². The van der Waals surface area contributed by atoms with Gasteiger partial charge in [-0.2, -0.15) is 0 Å². The number of unbranched alkanes of at least 4 members (excludes halogenated alkanes) is 1. The second-order valence-corrected chi connectivity index (χ2v) is 7.25. The minimum atomic E-state index is -0.297. The molecule has 0 spiro atoms. The minimum Gasteiger partial charge on any atom is -0.388 e. The second kappa shape index (κ2) is 9.32. The summed E-state index contributed by atoms with van der Waals surface area (Å²) in [6.45, 7) is 8.25. The van der Waals surface area contributed by atoms with Gasteiger partial charge in [0.15, 0.2) is 0 Å². The molecule has 1 aromatic carbocycles. The van der Waals surface area contributed by atoms with Crippen molar-refractivity contribution in [2.24, 2.45) is 5.92 Å². The Morgan fingerprint density at radius 3 is 2.32 bits per heavy atom. The van der Waals surface area contributed by atoms with Gasteiger partial charge in [-0.1, -0.05) is 44.5 Å². The van der Waals surface area contributed by atoms with Gasteiger partial charge in [-0.05, 0) is 75.2 Å². The van der Waals surface area contributed by atoms with Gasteiger partial charge in [0.2, 0.25) is 0 Å². The average Bonchev–Trinajstić information content (AvgIpc) is 2.52. The number of aliphatic hydroxyl groups excluding tert-OH is 1. The quantitative estimate of drug-likeness (QED) is 0.711. The fourth-order valence-corrected chi connectivity index (χ4v) is 3.37. The summed E-state index contributed by atoms with van der Waals surface area (Å²) in [6.07, 6.45) is 8.17. The van der Waals surface area contributed by atoms with Crippen molar-refractivity contribution in [1.82, 2.24) is 4.90 Å². The molecule has 1 saturated heterocycles. The Labute approximate surface area is 136 Å². The van der Waals surface area contributed by atoms with Gasteiger partial charge in [-0.15, -0.1) is 0 Å². The molecule has 0 amide bonds. The molecular weight excluding hydrogens is 270 g/mol. The predicted molar refractivity (Wildman–Crippen MR) is 94.1 cm³/mol. The van der Waals surface area contributed by atoms with Crippen LogP contribution in [0.15, 0.2) is 24.3 Å². The molecule has 1 aliphatic heterocycles. The van der Waals surface area contributed by atoms with Gasteiger partial charge in [0, 0.05) is 0 Å². The zero-order valence-corrected chi connectivity index (χ0v) is 14.4. The van der Waals surface area contributed by atoms with Crippen molar-refractivity contribution in [3.8, 4) is 0 Å². The van der Waals surface area contributed by atoms with E-state index in [9.17, 15) is 5.11 Å². The summed E-state index contributed by atoms with van der Waals surface area (Å²) in [7, 11) is 0. The first-order chi connectivity index (χ1) is 10.6. The van der Waals surface area contributed by atoms with E-state index in [1.807, 2.05) is 0 Å². The van der Waals surface area contributed by atoms with Crippen LogP contribution in [0, 0.1) is 5.92 Å². The summed E-state index contributed by atoms with van der Waals surface area (Å²) in [5, 5.41) is 10.3. The molecule has 0 radical (unpaired) electrons. The lowest BCUT2D eigenvalue weighted by molar-refractivity contribution is 0.158. The van der Waals surface area contributed by atoms with Crippen LogP contribution < -0.4 is 0 Å². The number of rotatable bonds is 8. The number of nitrogens with zero attached hydrogens (tertiary/aromatic N) is 1. The first kappa shape index (κ1) is 17.5. The first-order valence-electron chi connectivity index (χ1n) is 9.14. The van der Waals surface area contributed by atoms with E-state index < -0.39 is 0 Å². The lowest BCUT2D eigenvalue weighted by Gasteiger charge is -2.26. The molecule has 0 bridgehead atoms. The van der Waals surface area contributed by atoms with Crippen LogP contribution in [0.2, 0.25) is 0 Å². The van der Waals surface area contributed by atoms with Gasteiger partial charge in [0.05, 0.1) is 6.10 Å². The van der Waals surface area contributed by atoms with Crippen LogP contribution in [0.4, 0.5) is 0 Å². The largest absolute Gasteiger partial charge is 0.388 e. The molecule has 2 rings (SSSR count). The Kier molecular flexibility index (Phi) is 7.41. The molecular formula is C20H33NO. The highest BCUT2D eigenvalue weighted by Crippen LogP contribution is 2.21. The maximum Gasteiger partial charge on any atom is 0.0790 e. The van der Waals surface area contributed by atoms with Crippen LogP contribution in [-0.4, -0.2) is 29.6 Å². The molecule has 1 atom stereocenters. The molecule has 124 valence electrons. The molecule has 1 N–H and O–H groups in total. The normalized spacial score (nSPS) is 17.8. The van der Waals surface area contributed by atoms with Crippen molar-refractivity contribution in [2.75, 3.05) is 19.6 Å². The van der Waals surface area contributed by atoms with Crippen molar-refractivity contribution in [1.29, 1.82) is 0 Å². The molecule has 1 heterocycles. The lowest BCUT2D eigenvalue weighted by Crippen LogP contribution is -2.30. The van der Waals surface area contributed by atoms with Crippen molar-refractivity contribution in [2.45, 2.75) is 64.9 Å². The molecule has 0 aliphatic carbocycles. The highest BCUT2D eigenvalue weighted by molar-refractivity contribution is 5.24. The van der Waals surface area contributed by atoms with Crippen LogP contribution in [0.1, 0.15) is 69.6 Å². The van der Waals surface area contributed by atoms with Crippen molar-refractivity contribution < 1.29 is 5.11 Å². The van der Waals surface area contributed by atoms with Crippen LogP contribution >= 0.6 is 0 Å². The van der Waals surface area contributed by atoms with Crippen molar-refractivity contribution in [3.05, 3.63) is 35.4 Å². The molecule has 2 heteroatoms. The fourth-order valence-electron chi connectivity index (χ4n) is 3.37. The minimum absolute atomic E-state index is 0.297. The van der Waals surface area contributed by atoms with E-state index in [2.05, 4.69) is 43.0 Å². The van der Waals surface area contributed by atoms with Gasteiger partial charge in [-0.3, -0.25) is 0 Å². The topological polar surface area (TPSA) is 23.5 Å². The summed E-state index contributed by atoms with van der Waals surface area (Å²) in [6, 6.07) is 8.55. The van der Waals surface area contributed by atoms with E-state index in [4.69, 9.17) is 0 Å². The smallest absolute Gasteiger partial charge is 0.0790 e. The molecule has 1 aromatic rings. The summed E-state index contributed by atoms with van der Waals surface area (Å²) < 4.78 is 0. The van der Waals surface area contributed by atoms with Crippen molar-refractivity contribution in [3.63, 3.8) is 0 Å². The first-order valence-corrected chi connectivity index (χ1v) is 9.14. The van der Waals surface area contributed by atoms with Gasteiger partial charge >= 0.3 is 0 Å². The molecule has 0 aromatic heterocycles. The Hall–Kier alpha value is -0.860. The Bertz CT molecular complexity index is 406. The third-order valence-corrected chi connectivity index (χ3v) is 4.66. The second-order valence-electron chi connectivity index (χ2n) is 7.25. The van der Waals surface area contributed by atoms with Gasteiger partial charge in [0.1, 0.15) is 0 Å². The van der Waals surface area contributed by atoms with E-state index in [0.717, 1.165) is 24.8 Å². The maximum atomic E-state index is 10.3. The van der Waals surface area contributed by atoms with E-state index in [-0.39, 0.29) is 6.10 Å². The monoisotopic (exact) mass is 303 g/mol. The summed E-state index contributed by atoms with van der Waals surface area (Å²) in [5.41, 5.74) is 2.45.